The van der Waals surface area contributed by atoms with Crippen LogP contribution in [-0.2, 0) is 11.2 Å². The van der Waals surface area contributed by atoms with Gasteiger partial charge in [0, 0.05) is 7.11 Å². The number of benzene rings is 1. The Balaban J connectivity index is 0. The van der Waals surface area contributed by atoms with Crippen LogP contribution in [0.15, 0.2) is 30.3 Å². The van der Waals surface area contributed by atoms with Gasteiger partial charge in [0.2, 0.25) is 0 Å². The maximum atomic E-state index is 9.56. The zero-order valence-corrected chi connectivity index (χ0v) is 9.47. The highest BCUT2D eigenvalue weighted by Gasteiger charge is 1.72. The van der Waals surface area contributed by atoms with E-state index in [-0.39, 0.29) is 0 Å². The molecular weight excluding hydrogens is 184 g/mol. The third kappa shape index (κ3) is 18.4. The van der Waals surface area contributed by atoms with Gasteiger partial charge in [-0.15, -0.1) is 0 Å². The smallest absolute Gasteiger partial charge is 0.0946 e. The molecule has 1 aromatic carbocycles. The van der Waals surface area contributed by atoms with Crippen molar-refractivity contribution in [2.45, 2.75) is 6.92 Å². The van der Waals surface area contributed by atoms with Crippen molar-refractivity contribution in [3.05, 3.63) is 35.9 Å². The topological polar surface area (TPSA) is 43.3 Å². The lowest BCUT2D eigenvalue weighted by Gasteiger charge is -1.87. The molecule has 0 unspecified atom stereocenters. The summed E-state index contributed by atoms with van der Waals surface area (Å²) >= 11 is -0.611. The zero-order chi connectivity index (χ0) is 10.7. The molecule has 0 atom stereocenters. The third-order valence-electron chi connectivity index (χ3n) is 0.940. The second-order valence-corrected chi connectivity index (χ2v) is 3.88. The first-order chi connectivity index (χ1) is 6.13. The molecule has 13 heavy (non-hydrogen) atoms. The Morgan fingerprint density at radius 2 is 1.38 bits per heavy atom. The first-order valence-electron chi connectivity index (χ1n) is 3.84. The van der Waals surface area contributed by atoms with Crippen LogP contribution in [0.1, 0.15) is 5.56 Å². The largest absolute Gasteiger partial charge is 0.617 e. The zero-order valence-electron chi connectivity index (χ0n) is 8.65. The third-order valence-corrected chi connectivity index (χ3v) is 0.940. The van der Waals surface area contributed by atoms with Gasteiger partial charge in [-0.25, -0.2) is 0 Å². The van der Waals surface area contributed by atoms with Crippen molar-refractivity contribution in [1.29, 1.82) is 0 Å². The molecule has 1 aromatic rings. The van der Waals surface area contributed by atoms with Crippen molar-refractivity contribution < 1.29 is 9.66 Å². The van der Waals surface area contributed by atoms with E-state index in [1.807, 2.05) is 18.2 Å². The summed E-state index contributed by atoms with van der Waals surface area (Å²) in [6, 6.07) is 10.3. The van der Waals surface area contributed by atoms with Crippen molar-refractivity contribution >= 4 is 11.2 Å². The summed E-state index contributed by atoms with van der Waals surface area (Å²) in [5.41, 5.74) is 1.32. The Hall–Kier alpha value is -0.510. The average molecular weight is 202 g/mol. The van der Waals surface area contributed by atoms with Crippen LogP contribution in [0.3, 0.4) is 0 Å². The summed E-state index contributed by atoms with van der Waals surface area (Å²) in [7, 11) is 1.00. The fourth-order valence-corrected chi connectivity index (χ4v) is 0.534. The first-order valence-corrected chi connectivity index (χ1v) is 5.81. The SMILES string of the molecule is CO.C[S+](C)[O-].Cc1ccccc1. The minimum Gasteiger partial charge on any atom is -0.617 e. The quantitative estimate of drug-likeness (QED) is 0.649. The molecule has 76 valence electrons. The highest BCUT2D eigenvalue weighted by Crippen LogP contribution is 1.92. The van der Waals surface area contributed by atoms with Gasteiger partial charge in [0.1, 0.15) is 0 Å². The molecule has 0 aliphatic rings. The number of aliphatic hydroxyl groups excluding tert-OH is 1. The Morgan fingerprint density at radius 1 is 1.08 bits per heavy atom. The molecule has 0 amide bonds. The van der Waals surface area contributed by atoms with E-state index in [1.165, 1.54) is 5.56 Å². The van der Waals surface area contributed by atoms with Crippen LogP contribution in [0.2, 0.25) is 0 Å². The molecule has 0 radical (unpaired) electrons. The Bertz CT molecular complexity index is 173. The van der Waals surface area contributed by atoms with Gasteiger partial charge >= 0.3 is 0 Å². The highest BCUT2D eigenvalue weighted by atomic mass is 32.2. The van der Waals surface area contributed by atoms with E-state index < -0.39 is 11.2 Å². The van der Waals surface area contributed by atoms with Crippen molar-refractivity contribution in [3.8, 4) is 0 Å². The standard InChI is InChI=1S/C7H8.C2H6OS.CH4O/c1-7-5-3-2-4-6-7;1-4(2)3;1-2/h2-6H,1H3;1-2H3;2H,1H3. The average Bonchev–Trinajstić information content (AvgIpc) is 2.08. The molecule has 1 N–H and O–H groups in total. The van der Waals surface area contributed by atoms with Gasteiger partial charge in [0.25, 0.3) is 0 Å². The summed E-state index contributed by atoms with van der Waals surface area (Å²) in [6.07, 6.45) is 3.28. The highest BCUT2D eigenvalue weighted by molar-refractivity contribution is 7.89. The van der Waals surface area contributed by atoms with Crippen LogP contribution in [0.5, 0.6) is 0 Å². The van der Waals surface area contributed by atoms with Crippen molar-refractivity contribution in [3.63, 3.8) is 0 Å². The number of aliphatic hydroxyl groups is 1. The first kappa shape index (κ1) is 15.0. The Kier molecular flexibility index (Phi) is 13.2. The molecule has 0 aliphatic carbocycles. The molecule has 0 bridgehead atoms. The number of hydrogen-bond acceptors (Lipinski definition) is 2. The lowest BCUT2D eigenvalue weighted by molar-refractivity contribution is 0.399. The van der Waals surface area contributed by atoms with Crippen LogP contribution in [0.25, 0.3) is 0 Å². The lowest BCUT2D eigenvalue weighted by Crippen LogP contribution is -1.86. The van der Waals surface area contributed by atoms with E-state index in [0.29, 0.717) is 0 Å². The van der Waals surface area contributed by atoms with E-state index in [0.717, 1.165) is 7.11 Å². The molecular formula is C10H18O2S. The molecule has 2 nitrogen and oxygen atoms in total. The minimum absolute atomic E-state index is 0.611. The van der Waals surface area contributed by atoms with Gasteiger partial charge in [0.15, 0.2) is 0 Å². The Morgan fingerprint density at radius 3 is 1.54 bits per heavy atom. The fraction of sp³-hybridized carbons (Fsp3) is 0.400. The predicted octanol–water partition coefficient (Wildman–Crippen LogP) is 1.60. The second kappa shape index (κ2) is 11.5. The van der Waals surface area contributed by atoms with Gasteiger partial charge in [0.05, 0.1) is 12.5 Å². The van der Waals surface area contributed by atoms with Crippen molar-refractivity contribution in [2.75, 3.05) is 19.6 Å². The van der Waals surface area contributed by atoms with E-state index >= 15 is 0 Å². The van der Waals surface area contributed by atoms with Gasteiger partial charge in [-0.2, -0.15) is 0 Å². The van der Waals surface area contributed by atoms with Gasteiger partial charge in [-0.3, -0.25) is 0 Å². The second-order valence-electron chi connectivity index (χ2n) is 2.40. The predicted molar refractivity (Wildman–Crippen MR) is 59.3 cm³/mol. The summed E-state index contributed by atoms with van der Waals surface area (Å²) in [6.45, 7) is 2.08. The number of hydrogen-bond donors (Lipinski definition) is 1. The summed E-state index contributed by atoms with van der Waals surface area (Å²) < 4.78 is 9.56. The van der Waals surface area contributed by atoms with Crippen LogP contribution < -0.4 is 0 Å². The van der Waals surface area contributed by atoms with Crippen LogP contribution in [0.4, 0.5) is 0 Å². The van der Waals surface area contributed by atoms with E-state index in [1.54, 1.807) is 12.5 Å². The van der Waals surface area contributed by atoms with Crippen LogP contribution in [0, 0.1) is 6.92 Å². The molecule has 3 heteroatoms. The number of rotatable bonds is 0. The molecule has 0 heterocycles. The van der Waals surface area contributed by atoms with E-state index in [2.05, 4.69) is 19.1 Å². The molecule has 0 saturated heterocycles. The minimum atomic E-state index is -0.611. The van der Waals surface area contributed by atoms with E-state index in [4.69, 9.17) is 5.11 Å². The van der Waals surface area contributed by atoms with Crippen LogP contribution >= 0.6 is 0 Å². The summed E-state index contributed by atoms with van der Waals surface area (Å²) in [5.74, 6) is 0. The van der Waals surface area contributed by atoms with Gasteiger partial charge in [-0.1, -0.05) is 47.1 Å². The maximum Gasteiger partial charge on any atom is 0.0946 e. The molecule has 0 aliphatic heterocycles. The number of aryl methyl sites for hydroxylation is 1. The molecule has 0 fully saturated rings. The molecule has 0 saturated carbocycles. The van der Waals surface area contributed by atoms with Crippen molar-refractivity contribution in [1.82, 2.24) is 0 Å². The summed E-state index contributed by atoms with van der Waals surface area (Å²) in [5, 5.41) is 7.00. The molecule has 1 rings (SSSR count). The Labute approximate surface area is 83.8 Å². The molecule has 0 aromatic heterocycles. The van der Waals surface area contributed by atoms with E-state index in [9.17, 15) is 4.55 Å². The molecule has 0 spiro atoms. The van der Waals surface area contributed by atoms with Gasteiger partial charge < -0.3 is 9.66 Å². The maximum absolute atomic E-state index is 9.56. The monoisotopic (exact) mass is 202 g/mol. The lowest BCUT2D eigenvalue weighted by atomic mass is 10.2. The fourth-order valence-electron chi connectivity index (χ4n) is 0.534. The van der Waals surface area contributed by atoms with Gasteiger partial charge in [-0.05, 0) is 6.92 Å². The van der Waals surface area contributed by atoms with Crippen LogP contribution in [-0.4, -0.2) is 29.3 Å². The normalized spacial score (nSPS) is 7.92. The van der Waals surface area contributed by atoms with Crippen molar-refractivity contribution in [2.24, 2.45) is 0 Å². The summed E-state index contributed by atoms with van der Waals surface area (Å²) in [4.78, 5) is 0.